The summed E-state index contributed by atoms with van der Waals surface area (Å²) in [6.07, 6.45) is 6.98. The number of nitrogens with one attached hydrogen (secondary N) is 1. The van der Waals surface area contributed by atoms with Crippen molar-refractivity contribution in [2.24, 2.45) is 5.92 Å². The van der Waals surface area contributed by atoms with E-state index in [1.807, 2.05) is 0 Å². The van der Waals surface area contributed by atoms with Gasteiger partial charge in [-0.15, -0.1) is 0 Å². The van der Waals surface area contributed by atoms with E-state index < -0.39 is 0 Å². The van der Waals surface area contributed by atoms with Crippen LogP contribution in [0.5, 0.6) is 0 Å². The Morgan fingerprint density at radius 1 is 0.955 bits per heavy atom. The van der Waals surface area contributed by atoms with E-state index >= 15 is 0 Å². The third-order valence-electron chi connectivity index (χ3n) is 5.59. The molecule has 0 radical (unpaired) electrons. The van der Waals surface area contributed by atoms with Crippen molar-refractivity contribution >= 4 is 5.69 Å². The summed E-state index contributed by atoms with van der Waals surface area (Å²) >= 11 is 0. The topological polar surface area (TPSA) is 18.5 Å². The maximum absolute atomic E-state index is 3.49. The maximum Gasteiger partial charge on any atom is 0.0366 e. The highest BCUT2D eigenvalue weighted by Gasteiger charge is 2.30. The monoisotopic (exact) mass is 299 g/mol. The number of hydrogen-bond acceptors (Lipinski definition) is 3. The maximum atomic E-state index is 3.49. The van der Waals surface area contributed by atoms with Crippen molar-refractivity contribution in [1.82, 2.24) is 10.2 Å². The number of piperazine rings is 1. The van der Waals surface area contributed by atoms with Gasteiger partial charge in [0.15, 0.2) is 0 Å². The summed E-state index contributed by atoms with van der Waals surface area (Å²) in [6, 6.07) is 10.2. The van der Waals surface area contributed by atoms with Crippen LogP contribution in [0.1, 0.15) is 43.7 Å². The van der Waals surface area contributed by atoms with Gasteiger partial charge in [-0.1, -0.05) is 25.0 Å². The van der Waals surface area contributed by atoms with Crippen LogP contribution < -0.4 is 10.2 Å². The van der Waals surface area contributed by atoms with Gasteiger partial charge in [0.2, 0.25) is 0 Å². The predicted molar refractivity (Wildman–Crippen MR) is 92.4 cm³/mol. The van der Waals surface area contributed by atoms with E-state index in [4.69, 9.17) is 0 Å². The van der Waals surface area contributed by atoms with Gasteiger partial charge in [-0.05, 0) is 42.9 Å². The van der Waals surface area contributed by atoms with Crippen LogP contribution in [-0.2, 0) is 0 Å². The third-order valence-corrected chi connectivity index (χ3v) is 5.59. The van der Waals surface area contributed by atoms with Crippen LogP contribution in [0.15, 0.2) is 24.3 Å². The Morgan fingerprint density at radius 3 is 2.27 bits per heavy atom. The zero-order chi connectivity index (χ0) is 14.8. The van der Waals surface area contributed by atoms with Gasteiger partial charge in [0.25, 0.3) is 0 Å². The minimum absolute atomic E-state index is 0.641. The zero-order valence-electron chi connectivity index (χ0n) is 13.6. The second-order valence-electron chi connectivity index (χ2n) is 7.27. The van der Waals surface area contributed by atoms with Crippen LogP contribution in [0.2, 0.25) is 0 Å². The first-order valence-electron chi connectivity index (χ1n) is 9.20. The van der Waals surface area contributed by atoms with Crippen LogP contribution in [0, 0.1) is 5.92 Å². The summed E-state index contributed by atoms with van der Waals surface area (Å²) in [5.41, 5.74) is 2.96. The third kappa shape index (κ3) is 3.31. The van der Waals surface area contributed by atoms with Gasteiger partial charge < -0.3 is 10.2 Å². The Bertz CT molecular complexity index is 468. The normalized spacial score (nSPS) is 24.6. The predicted octanol–water partition coefficient (Wildman–Crippen LogP) is 3.03. The number of benzene rings is 1. The van der Waals surface area contributed by atoms with E-state index in [-0.39, 0.29) is 0 Å². The number of nitrogens with zero attached hydrogens (tertiary/aromatic N) is 2. The molecule has 1 saturated carbocycles. The number of hydrogen-bond donors (Lipinski definition) is 1. The Morgan fingerprint density at radius 2 is 1.64 bits per heavy atom. The number of anilines is 1. The molecule has 1 aliphatic carbocycles. The minimum atomic E-state index is 0.641. The Hall–Kier alpha value is -1.06. The molecule has 3 nitrogen and oxygen atoms in total. The molecule has 120 valence electrons. The molecule has 1 aromatic carbocycles. The average Bonchev–Trinajstić information content (AvgIpc) is 3.24. The minimum Gasteiger partial charge on any atom is -0.372 e. The summed E-state index contributed by atoms with van der Waals surface area (Å²) in [5.74, 6) is 0.984. The fraction of sp³-hybridized carbons (Fsp3) is 0.684. The molecule has 0 bridgehead atoms. The standard InChI is InChI=1S/C19H29N3/c1-2-12-21(11-1)18-7-5-17(6-8-18)19(15-16-3-4-16)22-13-9-20-10-14-22/h5-8,16,19-20H,1-4,9-15H2/t19-/m0/s1. The lowest BCUT2D eigenvalue weighted by Gasteiger charge is -2.35. The van der Waals surface area contributed by atoms with Gasteiger partial charge in [-0.25, -0.2) is 0 Å². The van der Waals surface area contributed by atoms with Gasteiger partial charge in [0.1, 0.15) is 0 Å². The van der Waals surface area contributed by atoms with Gasteiger partial charge >= 0.3 is 0 Å². The quantitative estimate of drug-likeness (QED) is 0.901. The van der Waals surface area contributed by atoms with E-state index in [0.717, 1.165) is 19.0 Å². The van der Waals surface area contributed by atoms with Gasteiger partial charge in [-0.3, -0.25) is 4.90 Å². The molecule has 3 aliphatic rings. The van der Waals surface area contributed by atoms with Gasteiger partial charge in [0, 0.05) is 51.0 Å². The van der Waals surface area contributed by atoms with Gasteiger partial charge in [-0.2, -0.15) is 0 Å². The van der Waals surface area contributed by atoms with E-state index in [2.05, 4.69) is 39.4 Å². The molecule has 1 atom stereocenters. The van der Waals surface area contributed by atoms with Crippen molar-refractivity contribution in [2.45, 2.75) is 38.1 Å². The van der Waals surface area contributed by atoms with Crippen LogP contribution in [0.4, 0.5) is 5.69 Å². The van der Waals surface area contributed by atoms with Crippen LogP contribution in [0.3, 0.4) is 0 Å². The molecule has 3 fully saturated rings. The van der Waals surface area contributed by atoms with Crippen molar-refractivity contribution in [1.29, 1.82) is 0 Å². The molecule has 2 saturated heterocycles. The average molecular weight is 299 g/mol. The molecule has 1 aromatic rings. The molecule has 3 heteroatoms. The van der Waals surface area contributed by atoms with Crippen LogP contribution in [-0.4, -0.2) is 44.2 Å². The molecule has 2 heterocycles. The highest BCUT2D eigenvalue weighted by atomic mass is 15.2. The Balaban J connectivity index is 1.49. The Kier molecular flexibility index (Phi) is 4.35. The summed E-state index contributed by atoms with van der Waals surface area (Å²) in [7, 11) is 0. The van der Waals surface area contributed by atoms with E-state index in [1.165, 1.54) is 69.5 Å². The van der Waals surface area contributed by atoms with E-state index in [9.17, 15) is 0 Å². The lowest BCUT2D eigenvalue weighted by Crippen LogP contribution is -2.45. The fourth-order valence-corrected chi connectivity index (χ4v) is 4.04. The van der Waals surface area contributed by atoms with Crippen molar-refractivity contribution in [3.63, 3.8) is 0 Å². The lowest BCUT2D eigenvalue weighted by atomic mass is 9.98. The molecule has 0 aromatic heterocycles. The molecule has 0 amide bonds. The first kappa shape index (κ1) is 14.5. The van der Waals surface area contributed by atoms with E-state index in [0.29, 0.717) is 6.04 Å². The lowest BCUT2D eigenvalue weighted by molar-refractivity contribution is 0.160. The fourth-order valence-electron chi connectivity index (χ4n) is 4.04. The van der Waals surface area contributed by atoms with Crippen LogP contribution >= 0.6 is 0 Å². The zero-order valence-corrected chi connectivity index (χ0v) is 13.6. The second-order valence-corrected chi connectivity index (χ2v) is 7.27. The molecule has 1 N–H and O–H groups in total. The summed E-state index contributed by atoms with van der Waals surface area (Å²) in [6.45, 7) is 7.17. The largest absolute Gasteiger partial charge is 0.372 e. The van der Waals surface area contributed by atoms with Gasteiger partial charge in [0.05, 0.1) is 0 Å². The van der Waals surface area contributed by atoms with Crippen molar-refractivity contribution in [3.05, 3.63) is 29.8 Å². The highest BCUT2D eigenvalue weighted by Crippen LogP contribution is 2.40. The first-order valence-corrected chi connectivity index (χ1v) is 9.20. The number of rotatable bonds is 5. The summed E-state index contributed by atoms with van der Waals surface area (Å²) in [4.78, 5) is 5.24. The highest BCUT2D eigenvalue weighted by molar-refractivity contribution is 5.48. The van der Waals surface area contributed by atoms with Crippen molar-refractivity contribution < 1.29 is 0 Å². The van der Waals surface area contributed by atoms with Crippen molar-refractivity contribution in [2.75, 3.05) is 44.2 Å². The summed E-state index contributed by atoms with van der Waals surface area (Å²) in [5, 5.41) is 3.49. The SMILES string of the molecule is c1cc(N2CCCC2)ccc1[C@H](CC1CC1)N1CCNCC1. The molecule has 0 spiro atoms. The molecule has 4 rings (SSSR count). The summed E-state index contributed by atoms with van der Waals surface area (Å²) < 4.78 is 0. The van der Waals surface area contributed by atoms with Crippen molar-refractivity contribution in [3.8, 4) is 0 Å². The Labute approximate surface area is 134 Å². The molecule has 2 aliphatic heterocycles. The second kappa shape index (κ2) is 6.59. The smallest absolute Gasteiger partial charge is 0.0366 e. The molecular formula is C19H29N3. The molecular weight excluding hydrogens is 270 g/mol. The first-order chi connectivity index (χ1) is 10.9. The molecule has 22 heavy (non-hydrogen) atoms. The van der Waals surface area contributed by atoms with E-state index in [1.54, 1.807) is 0 Å². The van der Waals surface area contributed by atoms with Crippen LogP contribution in [0.25, 0.3) is 0 Å². The molecule has 0 unspecified atom stereocenters.